The van der Waals surface area contributed by atoms with Gasteiger partial charge in [0.15, 0.2) is 6.10 Å². The Kier molecular flexibility index (Phi) is 3.37. The Morgan fingerprint density at radius 2 is 2.25 bits per heavy atom. The number of anilines is 2. The van der Waals surface area contributed by atoms with Gasteiger partial charge in [-0.1, -0.05) is 6.07 Å². The highest BCUT2D eigenvalue weighted by Crippen LogP contribution is 2.37. The first-order chi connectivity index (χ1) is 9.61. The summed E-state index contributed by atoms with van der Waals surface area (Å²) in [6.07, 6.45) is -1.24. The van der Waals surface area contributed by atoms with Crippen molar-refractivity contribution >= 4 is 17.3 Å². The van der Waals surface area contributed by atoms with Gasteiger partial charge in [0.1, 0.15) is 0 Å². The molecule has 0 aliphatic carbocycles. The van der Waals surface area contributed by atoms with Gasteiger partial charge in [0.05, 0.1) is 25.0 Å². The van der Waals surface area contributed by atoms with Gasteiger partial charge in [-0.3, -0.25) is 4.79 Å². The van der Waals surface area contributed by atoms with Gasteiger partial charge >= 0.3 is 0 Å². The third-order valence-corrected chi connectivity index (χ3v) is 3.94. The highest BCUT2D eigenvalue weighted by Gasteiger charge is 2.34. The number of amides is 1. The molecule has 20 heavy (non-hydrogen) atoms. The van der Waals surface area contributed by atoms with E-state index in [1.54, 1.807) is 13.1 Å². The van der Waals surface area contributed by atoms with Crippen molar-refractivity contribution in [2.75, 3.05) is 43.2 Å². The fraction of sp³-hybridized carbons (Fsp3) is 0.500. The highest BCUT2D eigenvalue weighted by atomic mass is 16.5. The van der Waals surface area contributed by atoms with Crippen LogP contribution in [0.5, 0.6) is 0 Å². The van der Waals surface area contributed by atoms with Crippen molar-refractivity contribution in [1.29, 1.82) is 0 Å². The Bertz CT molecular complexity index is 534. The van der Waals surface area contributed by atoms with E-state index in [1.165, 1.54) is 4.90 Å². The normalized spacial score (nSPS) is 26.1. The number of fused-ring (bicyclic) bond motifs is 1. The van der Waals surface area contributed by atoms with E-state index >= 15 is 0 Å². The van der Waals surface area contributed by atoms with Crippen molar-refractivity contribution in [3.05, 3.63) is 23.8 Å². The van der Waals surface area contributed by atoms with Crippen LogP contribution in [0, 0.1) is 0 Å². The van der Waals surface area contributed by atoms with Crippen LogP contribution in [0.4, 0.5) is 11.4 Å². The number of rotatable bonds is 2. The molecule has 2 heterocycles. The highest BCUT2D eigenvalue weighted by molar-refractivity contribution is 6.03. The van der Waals surface area contributed by atoms with Gasteiger partial charge in [-0.25, -0.2) is 0 Å². The molecule has 1 fully saturated rings. The third-order valence-electron chi connectivity index (χ3n) is 3.94. The summed E-state index contributed by atoms with van der Waals surface area (Å²) in [5.74, 6) is -0.299. The number of carbonyl (C=O) groups is 1. The zero-order chi connectivity index (χ0) is 14.3. The van der Waals surface area contributed by atoms with Crippen LogP contribution in [-0.4, -0.2) is 55.6 Å². The molecular weight excluding hydrogens is 260 g/mol. The molecule has 2 aliphatic heterocycles. The maximum atomic E-state index is 11.8. The molecule has 6 heteroatoms. The zero-order valence-corrected chi connectivity index (χ0v) is 11.3. The second-order valence-electron chi connectivity index (χ2n) is 5.16. The average molecular weight is 278 g/mol. The molecule has 0 bridgehead atoms. The number of aliphatic hydroxyl groups is 2. The maximum absolute atomic E-state index is 11.8. The number of likely N-dealkylation sites (N-methyl/N-ethyl adjacent to an activating group) is 1. The molecule has 2 atom stereocenters. The van der Waals surface area contributed by atoms with E-state index in [4.69, 9.17) is 4.74 Å². The predicted octanol–water partition coefficient (Wildman–Crippen LogP) is -0.106. The average Bonchev–Trinajstić information content (AvgIpc) is 2.72. The van der Waals surface area contributed by atoms with Gasteiger partial charge in [0.25, 0.3) is 5.91 Å². The fourth-order valence-corrected chi connectivity index (χ4v) is 2.75. The SMILES string of the molecule is CN1C(=O)C(O)c2ccc(N3CCOC(CO)C3)cc21. The van der Waals surface area contributed by atoms with Crippen LogP contribution in [0.3, 0.4) is 0 Å². The first kappa shape index (κ1) is 13.4. The molecule has 1 aromatic carbocycles. The van der Waals surface area contributed by atoms with Crippen LogP contribution < -0.4 is 9.80 Å². The first-order valence-corrected chi connectivity index (χ1v) is 6.69. The Balaban J connectivity index is 1.88. The van der Waals surface area contributed by atoms with Crippen molar-refractivity contribution in [1.82, 2.24) is 0 Å². The molecule has 2 unspecified atom stereocenters. The largest absolute Gasteiger partial charge is 0.394 e. The van der Waals surface area contributed by atoms with Gasteiger partial charge in [-0.15, -0.1) is 0 Å². The van der Waals surface area contributed by atoms with Crippen molar-refractivity contribution in [3.63, 3.8) is 0 Å². The summed E-state index contributed by atoms with van der Waals surface area (Å²) in [6, 6.07) is 5.59. The molecule has 3 rings (SSSR count). The number of hydrogen-bond donors (Lipinski definition) is 2. The Hall–Kier alpha value is -1.63. The van der Waals surface area contributed by atoms with Crippen LogP contribution in [0.25, 0.3) is 0 Å². The second-order valence-corrected chi connectivity index (χ2v) is 5.16. The van der Waals surface area contributed by atoms with E-state index in [0.29, 0.717) is 18.7 Å². The minimum Gasteiger partial charge on any atom is -0.394 e. The third kappa shape index (κ3) is 2.06. The van der Waals surface area contributed by atoms with Crippen LogP contribution in [0.1, 0.15) is 11.7 Å². The van der Waals surface area contributed by atoms with Crippen molar-refractivity contribution in [3.8, 4) is 0 Å². The van der Waals surface area contributed by atoms with E-state index in [2.05, 4.69) is 4.90 Å². The lowest BCUT2D eigenvalue weighted by atomic mass is 10.1. The minimum atomic E-state index is -1.06. The lowest BCUT2D eigenvalue weighted by molar-refractivity contribution is -0.125. The van der Waals surface area contributed by atoms with E-state index in [1.807, 2.05) is 12.1 Å². The zero-order valence-electron chi connectivity index (χ0n) is 11.3. The molecule has 2 aliphatic rings. The van der Waals surface area contributed by atoms with Crippen LogP contribution in [0.2, 0.25) is 0 Å². The number of benzene rings is 1. The Labute approximate surface area is 117 Å². The van der Waals surface area contributed by atoms with E-state index < -0.39 is 6.10 Å². The first-order valence-electron chi connectivity index (χ1n) is 6.69. The van der Waals surface area contributed by atoms with Crippen molar-refractivity contribution in [2.45, 2.75) is 12.2 Å². The molecule has 0 radical (unpaired) electrons. The maximum Gasteiger partial charge on any atom is 0.260 e. The van der Waals surface area contributed by atoms with Gasteiger partial charge in [-0.2, -0.15) is 0 Å². The lowest BCUT2D eigenvalue weighted by Crippen LogP contribution is -2.44. The van der Waals surface area contributed by atoms with Gasteiger partial charge in [-0.05, 0) is 12.1 Å². The molecule has 108 valence electrons. The van der Waals surface area contributed by atoms with Crippen LogP contribution in [-0.2, 0) is 9.53 Å². The quantitative estimate of drug-likeness (QED) is 0.790. The van der Waals surface area contributed by atoms with E-state index in [-0.39, 0.29) is 18.6 Å². The molecule has 0 spiro atoms. The van der Waals surface area contributed by atoms with Gasteiger partial charge in [0, 0.05) is 31.4 Å². The Morgan fingerprint density at radius 1 is 1.45 bits per heavy atom. The summed E-state index contributed by atoms with van der Waals surface area (Å²) >= 11 is 0. The Morgan fingerprint density at radius 3 is 3.00 bits per heavy atom. The molecule has 6 nitrogen and oxygen atoms in total. The number of aliphatic hydroxyl groups excluding tert-OH is 2. The molecule has 2 N–H and O–H groups in total. The van der Waals surface area contributed by atoms with Gasteiger partial charge < -0.3 is 24.7 Å². The van der Waals surface area contributed by atoms with Crippen LogP contribution >= 0.6 is 0 Å². The molecule has 1 saturated heterocycles. The van der Waals surface area contributed by atoms with E-state index in [0.717, 1.165) is 17.9 Å². The van der Waals surface area contributed by atoms with Gasteiger partial charge in [0.2, 0.25) is 0 Å². The summed E-state index contributed by atoms with van der Waals surface area (Å²) in [7, 11) is 1.66. The molecule has 0 saturated carbocycles. The monoisotopic (exact) mass is 278 g/mol. The fourth-order valence-electron chi connectivity index (χ4n) is 2.75. The number of carbonyl (C=O) groups excluding carboxylic acids is 1. The summed E-state index contributed by atoms with van der Waals surface area (Å²) in [5.41, 5.74) is 2.36. The molecule has 1 amide bonds. The van der Waals surface area contributed by atoms with Crippen molar-refractivity contribution in [2.24, 2.45) is 0 Å². The number of hydrogen-bond acceptors (Lipinski definition) is 5. The summed E-state index contributed by atoms with van der Waals surface area (Å²) < 4.78 is 5.43. The minimum absolute atomic E-state index is 0.00144. The molecule has 0 aromatic heterocycles. The predicted molar refractivity (Wildman–Crippen MR) is 73.9 cm³/mol. The lowest BCUT2D eigenvalue weighted by Gasteiger charge is -2.34. The topological polar surface area (TPSA) is 73.2 Å². The number of morpholine rings is 1. The number of nitrogens with zero attached hydrogens (tertiary/aromatic N) is 2. The number of ether oxygens (including phenoxy) is 1. The molecule has 1 aromatic rings. The smallest absolute Gasteiger partial charge is 0.260 e. The summed E-state index contributed by atoms with van der Waals surface area (Å²) in [6.45, 7) is 1.93. The van der Waals surface area contributed by atoms with E-state index in [9.17, 15) is 15.0 Å². The second kappa shape index (κ2) is 5.05. The summed E-state index contributed by atoms with van der Waals surface area (Å²) in [4.78, 5) is 15.4. The van der Waals surface area contributed by atoms with Crippen molar-refractivity contribution < 1.29 is 19.7 Å². The standard InChI is InChI=1S/C14H18N2O4/c1-15-12-6-9(2-3-11(12)13(18)14(15)19)16-4-5-20-10(7-16)8-17/h2-3,6,10,13,17-18H,4-5,7-8H2,1H3. The summed E-state index contributed by atoms with van der Waals surface area (Å²) in [5, 5.41) is 19.0. The van der Waals surface area contributed by atoms with Crippen LogP contribution in [0.15, 0.2) is 18.2 Å². The molecular formula is C14H18N2O4.